The van der Waals surface area contributed by atoms with Gasteiger partial charge in [-0.2, -0.15) is 0 Å². The monoisotopic (exact) mass is 403 g/mol. The highest BCUT2D eigenvalue weighted by atomic mass is 16.5. The third-order valence-electron chi connectivity index (χ3n) is 4.56. The van der Waals surface area contributed by atoms with Crippen LogP contribution in [0.5, 0.6) is 5.75 Å². The van der Waals surface area contributed by atoms with Gasteiger partial charge in [0.25, 0.3) is 5.91 Å². The number of rotatable bonds is 6. The van der Waals surface area contributed by atoms with Crippen LogP contribution >= 0.6 is 0 Å². The van der Waals surface area contributed by atoms with Gasteiger partial charge >= 0.3 is 0 Å². The molecule has 30 heavy (non-hydrogen) atoms. The Labute approximate surface area is 176 Å². The second-order valence-corrected chi connectivity index (χ2v) is 7.27. The van der Waals surface area contributed by atoms with Crippen LogP contribution in [0.15, 0.2) is 54.9 Å². The normalized spacial score (nSPS) is 10.4. The Kier molecular flexibility index (Phi) is 6.47. The minimum absolute atomic E-state index is 0.198. The number of amides is 2. The molecule has 2 N–H and O–H groups in total. The molecular formula is C24H25N3O3. The van der Waals surface area contributed by atoms with Crippen LogP contribution in [-0.2, 0) is 11.4 Å². The Morgan fingerprint density at radius 3 is 2.33 bits per heavy atom. The lowest BCUT2D eigenvalue weighted by Gasteiger charge is -2.15. The lowest BCUT2D eigenvalue weighted by atomic mass is 10.0. The summed E-state index contributed by atoms with van der Waals surface area (Å²) in [5, 5.41) is 5.64. The van der Waals surface area contributed by atoms with E-state index >= 15 is 0 Å². The number of nitrogens with zero attached hydrogens (tertiary/aromatic N) is 1. The maximum atomic E-state index is 12.9. The first-order valence-electron chi connectivity index (χ1n) is 9.66. The Hall–Kier alpha value is -3.67. The number of hydrogen-bond donors (Lipinski definition) is 2. The highest BCUT2D eigenvalue weighted by Crippen LogP contribution is 2.28. The maximum absolute atomic E-state index is 12.9. The highest BCUT2D eigenvalue weighted by Gasteiger charge is 2.14. The fourth-order valence-electron chi connectivity index (χ4n) is 3.20. The molecule has 0 saturated carbocycles. The number of carbonyl (C=O) groups is 2. The maximum Gasteiger partial charge on any atom is 0.255 e. The minimum atomic E-state index is -0.253. The van der Waals surface area contributed by atoms with E-state index in [-0.39, 0.29) is 11.8 Å². The summed E-state index contributed by atoms with van der Waals surface area (Å²) < 4.78 is 5.97. The number of hydrogen-bond acceptors (Lipinski definition) is 4. The topological polar surface area (TPSA) is 80.3 Å². The first-order valence-corrected chi connectivity index (χ1v) is 9.66. The number of ether oxygens (including phenoxy) is 1. The molecule has 154 valence electrons. The van der Waals surface area contributed by atoms with Crippen molar-refractivity contribution in [3.8, 4) is 5.75 Å². The quantitative estimate of drug-likeness (QED) is 0.620. The van der Waals surface area contributed by atoms with Gasteiger partial charge in [-0.15, -0.1) is 0 Å². The predicted octanol–water partition coefficient (Wildman–Crippen LogP) is 4.80. The smallest absolute Gasteiger partial charge is 0.255 e. The molecule has 1 aromatic heterocycles. The molecule has 3 aromatic rings. The van der Waals surface area contributed by atoms with Crippen molar-refractivity contribution in [3.05, 3.63) is 82.7 Å². The van der Waals surface area contributed by atoms with E-state index in [2.05, 4.69) is 15.6 Å². The standard InChI is InChI=1S/C24H25N3O3/c1-15-7-8-21(26-18(4)28)22(10-15)27-24(29)20-11-16(2)23(17(3)12-20)30-14-19-6-5-9-25-13-19/h5-13H,14H2,1-4H3,(H,26,28)(H,27,29). The molecular weight excluding hydrogens is 378 g/mol. The Bertz CT molecular complexity index is 1060. The zero-order chi connectivity index (χ0) is 21.7. The predicted molar refractivity (Wildman–Crippen MR) is 118 cm³/mol. The SMILES string of the molecule is CC(=O)Nc1ccc(C)cc1NC(=O)c1cc(C)c(OCc2cccnc2)c(C)c1. The number of nitrogens with one attached hydrogen (secondary N) is 2. The number of anilines is 2. The second-order valence-electron chi connectivity index (χ2n) is 7.27. The Morgan fingerprint density at radius 2 is 1.70 bits per heavy atom. The van der Waals surface area contributed by atoms with Crippen LogP contribution in [0.2, 0.25) is 0 Å². The van der Waals surface area contributed by atoms with E-state index in [0.717, 1.165) is 28.0 Å². The minimum Gasteiger partial charge on any atom is -0.488 e. The van der Waals surface area contributed by atoms with Gasteiger partial charge in [0.05, 0.1) is 11.4 Å². The van der Waals surface area contributed by atoms with Crippen molar-refractivity contribution in [2.45, 2.75) is 34.3 Å². The van der Waals surface area contributed by atoms with Crippen LogP contribution in [0, 0.1) is 20.8 Å². The van der Waals surface area contributed by atoms with Gasteiger partial charge in [-0.05, 0) is 67.8 Å². The zero-order valence-electron chi connectivity index (χ0n) is 17.6. The van der Waals surface area contributed by atoms with Crippen molar-refractivity contribution in [1.82, 2.24) is 4.98 Å². The van der Waals surface area contributed by atoms with Crippen LogP contribution in [0.3, 0.4) is 0 Å². The molecule has 0 fully saturated rings. The third-order valence-corrected chi connectivity index (χ3v) is 4.56. The van der Waals surface area contributed by atoms with E-state index in [0.29, 0.717) is 23.5 Å². The van der Waals surface area contributed by atoms with Gasteiger partial charge in [0.15, 0.2) is 0 Å². The average Bonchev–Trinajstić information content (AvgIpc) is 2.69. The summed E-state index contributed by atoms with van der Waals surface area (Å²) in [5.41, 5.74) is 5.34. The summed E-state index contributed by atoms with van der Waals surface area (Å²) in [5.74, 6) is 0.304. The van der Waals surface area contributed by atoms with Crippen LogP contribution in [0.25, 0.3) is 0 Å². The molecule has 0 atom stereocenters. The summed E-state index contributed by atoms with van der Waals surface area (Å²) in [4.78, 5) is 28.4. The van der Waals surface area contributed by atoms with Gasteiger partial charge in [0.2, 0.25) is 5.91 Å². The van der Waals surface area contributed by atoms with Crippen LogP contribution < -0.4 is 15.4 Å². The zero-order valence-corrected chi connectivity index (χ0v) is 17.6. The molecule has 0 unspecified atom stereocenters. The van der Waals surface area contributed by atoms with Crippen molar-refractivity contribution in [2.24, 2.45) is 0 Å². The van der Waals surface area contributed by atoms with E-state index in [1.54, 1.807) is 30.6 Å². The van der Waals surface area contributed by atoms with Crippen LogP contribution in [-0.4, -0.2) is 16.8 Å². The van der Waals surface area contributed by atoms with E-state index in [1.807, 2.05) is 45.0 Å². The first kappa shape index (κ1) is 21.0. The summed E-state index contributed by atoms with van der Waals surface area (Å²) in [6.07, 6.45) is 3.49. The molecule has 0 radical (unpaired) electrons. The van der Waals surface area contributed by atoms with E-state index in [1.165, 1.54) is 6.92 Å². The average molecular weight is 403 g/mol. The molecule has 6 heteroatoms. The molecule has 0 aliphatic carbocycles. The number of aromatic nitrogens is 1. The fraction of sp³-hybridized carbons (Fsp3) is 0.208. The molecule has 0 aliphatic rings. The lowest BCUT2D eigenvalue weighted by Crippen LogP contribution is -2.16. The highest BCUT2D eigenvalue weighted by molar-refractivity contribution is 6.07. The molecule has 3 rings (SSSR count). The Balaban J connectivity index is 1.79. The number of pyridine rings is 1. The third kappa shape index (κ3) is 5.23. The van der Waals surface area contributed by atoms with Gasteiger partial charge in [0, 0.05) is 30.4 Å². The van der Waals surface area contributed by atoms with Gasteiger partial charge < -0.3 is 15.4 Å². The summed E-state index contributed by atoms with van der Waals surface area (Å²) in [7, 11) is 0. The largest absolute Gasteiger partial charge is 0.488 e. The molecule has 6 nitrogen and oxygen atoms in total. The second kappa shape index (κ2) is 9.22. The van der Waals surface area contributed by atoms with E-state index < -0.39 is 0 Å². The molecule has 0 aliphatic heterocycles. The summed E-state index contributed by atoms with van der Waals surface area (Å²) in [6, 6.07) is 12.9. The van der Waals surface area contributed by atoms with Crippen molar-refractivity contribution in [2.75, 3.05) is 10.6 Å². The van der Waals surface area contributed by atoms with Gasteiger partial charge in [-0.25, -0.2) is 0 Å². The molecule has 0 bridgehead atoms. The van der Waals surface area contributed by atoms with E-state index in [9.17, 15) is 9.59 Å². The van der Waals surface area contributed by atoms with Crippen molar-refractivity contribution < 1.29 is 14.3 Å². The van der Waals surface area contributed by atoms with Gasteiger partial charge in [0.1, 0.15) is 12.4 Å². The molecule has 2 aromatic carbocycles. The molecule has 0 saturated heterocycles. The van der Waals surface area contributed by atoms with Crippen LogP contribution in [0.1, 0.15) is 39.5 Å². The van der Waals surface area contributed by atoms with Crippen molar-refractivity contribution in [1.29, 1.82) is 0 Å². The number of aryl methyl sites for hydroxylation is 3. The number of carbonyl (C=O) groups excluding carboxylic acids is 2. The van der Waals surface area contributed by atoms with Gasteiger partial charge in [-0.3, -0.25) is 14.6 Å². The first-order chi connectivity index (χ1) is 14.3. The molecule has 1 heterocycles. The molecule has 0 spiro atoms. The lowest BCUT2D eigenvalue weighted by molar-refractivity contribution is -0.114. The summed E-state index contributed by atoms with van der Waals surface area (Å²) in [6.45, 7) is 7.60. The molecule has 2 amide bonds. The van der Waals surface area contributed by atoms with Crippen molar-refractivity contribution in [3.63, 3.8) is 0 Å². The number of benzene rings is 2. The van der Waals surface area contributed by atoms with Crippen molar-refractivity contribution >= 4 is 23.2 Å². The summed E-state index contributed by atoms with van der Waals surface area (Å²) >= 11 is 0. The van der Waals surface area contributed by atoms with E-state index in [4.69, 9.17) is 4.74 Å². The fourth-order valence-corrected chi connectivity index (χ4v) is 3.20. The Morgan fingerprint density at radius 1 is 0.967 bits per heavy atom. The van der Waals surface area contributed by atoms with Crippen LogP contribution in [0.4, 0.5) is 11.4 Å². The van der Waals surface area contributed by atoms with Gasteiger partial charge in [-0.1, -0.05) is 12.1 Å².